The molecule has 0 amide bonds. The number of hydrogen-bond acceptors (Lipinski definition) is 3. The van der Waals surface area contributed by atoms with Gasteiger partial charge in [0.1, 0.15) is 0 Å². The van der Waals surface area contributed by atoms with Crippen molar-refractivity contribution in [3.63, 3.8) is 0 Å². The molecule has 0 spiro atoms. The fourth-order valence-electron chi connectivity index (χ4n) is 3.64. The van der Waals surface area contributed by atoms with Crippen LogP contribution in [0.5, 0.6) is 0 Å². The minimum absolute atomic E-state index is 0.440. The fraction of sp³-hybridized carbons (Fsp3) is 0.103. The van der Waals surface area contributed by atoms with Crippen LogP contribution in [0, 0.1) is 0 Å². The van der Waals surface area contributed by atoms with Gasteiger partial charge < -0.3 is 14.7 Å². The van der Waals surface area contributed by atoms with Crippen LogP contribution in [0.15, 0.2) is 122 Å². The van der Waals surface area contributed by atoms with E-state index in [1.165, 1.54) is 17.2 Å². The second kappa shape index (κ2) is 10.6. The highest BCUT2D eigenvalue weighted by Crippen LogP contribution is 2.35. The molecule has 0 aliphatic carbocycles. The van der Waals surface area contributed by atoms with Crippen molar-refractivity contribution in [2.75, 3.05) is 11.5 Å². The van der Waals surface area contributed by atoms with Crippen molar-refractivity contribution < 1.29 is 9.84 Å². The molecule has 3 nitrogen and oxygen atoms in total. The smallest absolute Gasteiger partial charge is 0.173 e. The molecule has 0 saturated carbocycles. The van der Waals surface area contributed by atoms with Crippen LogP contribution >= 0.6 is 0 Å². The van der Waals surface area contributed by atoms with Gasteiger partial charge in [-0.3, -0.25) is 0 Å². The fourth-order valence-corrected chi connectivity index (χ4v) is 3.64. The van der Waals surface area contributed by atoms with Gasteiger partial charge in [0.05, 0.1) is 6.61 Å². The maximum Gasteiger partial charge on any atom is 0.173 e. The van der Waals surface area contributed by atoms with E-state index >= 15 is 0 Å². The van der Waals surface area contributed by atoms with Crippen LogP contribution < -0.4 is 4.90 Å². The van der Waals surface area contributed by atoms with Crippen LogP contribution in [-0.2, 0) is 11.2 Å². The topological polar surface area (TPSA) is 32.7 Å². The first-order valence-corrected chi connectivity index (χ1v) is 10.8. The summed E-state index contributed by atoms with van der Waals surface area (Å²) in [5.41, 5.74) is 6.83. The van der Waals surface area contributed by atoms with Gasteiger partial charge in [-0.2, -0.15) is 0 Å². The van der Waals surface area contributed by atoms with E-state index in [9.17, 15) is 5.11 Å². The molecule has 160 valence electrons. The predicted octanol–water partition coefficient (Wildman–Crippen LogP) is 6.89. The number of anilines is 3. The van der Waals surface area contributed by atoms with Crippen molar-refractivity contribution in [1.29, 1.82) is 0 Å². The lowest BCUT2D eigenvalue weighted by Crippen LogP contribution is -2.11. The van der Waals surface area contributed by atoms with E-state index < -0.39 is 6.29 Å². The van der Waals surface area contributed by atoms with Crippen molar-refractivity contribution in [3.05, 3.63) is 127 Å². The molecule has 3 heteroatoms. The molecule has 4 rings (SSSR count). The zero-order valence-electron chi connectivity index (χ0n) is 18.0. The summed E-state index contributed by atoms with van der Waals surface area (Å²) < 4.78 is 5.29. The summed E-state index contributed by atoms with van der Waals surface area (Å²) in [4.78, 5) is 2.25. The monoisotopic (exact) mass is 421 g/mol. The van der Waals surface area contributed by atoms with Crippen molar-refractivity contribution in [2.45, 2.75) is 12.7 Å². The van der Waals surface area contributed by atoms with E-state index in [-0.39, 0.29) is 0 Å². The number of para-hydroxylation sites is 1. The average Bonchev–Trinajstić information content (AvgIpc) is 2.87. The van der Waals surface area contributed by atoms with Gasteiger partial charge >= 0.3 is 0 Å². The summed E-state index contributed by atoms with van der Waals surface area (Å²) >= 11 is 0. The quantitative estimate of drug-likeness (QED) is 0.236. The third-order valence-electron chi connectivity index (χ3n) is 5.32. The van der Waals surface area contributed by atoms with E-state index in [2.05, 4.69) is 109 Å². The van der Waals surface area contributed by atoms with Crippen molar-refractivity contribution in [1.82, 2.24) is 0 Å². The van der Waals surface area contributed by atoms with E-state index in [0.717, 1.165) is 29.0 Å². The van der Waals surface area contributed by atoms with E-state index in [0.29, 0.717) is 6.61 Å². The molecule has 0 aromatic heterocycles. The Bertz CT molecular complexity index is 1110. The zero-order valence-corrected chi connectivity index (χ0v) is 18.0. The van der Waals surface area contributed by atoms with Gasteiger partial charge in [-0.15, -0.1) is 0 Å². The Morgan fingerprint density at radius 2 is 1.19 bits per heavy atom. The van der Waals surface area contributed by atoms with Crippen LogP contribution in [0.1, 0.15) is 5.56 Å². The first kappa shape index (κ1) is 21.6. The van der Waals surface area contributed by atoms with Gasteiger partial charge in [-0.25, -0.2) is 0 Å². The molecular weight excluding hydrogens is 394 g/mol. The van der Waals surface area contributed by atoms with Crippen LogP contribution in [0.3, 0.4) is 0 Å². The molecule has 32 heavy (non-hydrogen) atoms. The van der Waals surface area contributed by atoms with Gasteiger partial charge in [-0.1, -0.05) is 79.4 Å². The maximum absolute atomic E-state index is 9.45. The Morgan fingerprint density at radius 1 is 0.688 bits per heavy atom. The summed E-state index contributed by atoms with van der Waals surface area (Å²) in [7, 11) is 0. The highest BCUT2D eigenvalue weighted by Gasteiger charge is 2.12. The predicted molar refractivity (Wildman–Crippen MR) is 132 cm³/mol. The van der Waals surface area contributed by atoms with Gasteiger partial charge in [-0.05, 0) is 65.6 Å². The lowest BCUT2D eigenvalue weighted by atomic mass is 10.0. The molecule has 4 aromatic rings. The summed E-state index contributed by atoms with van der Waals surface area (Å²) in [6, 6.07) is 37.9. The minimum Gasteiger partial charge on any atom is -0.365 e. The van der Waals surface area contributed by atoms with E-state index in [1.807, 2.05) is 12.1 Å². The number of rotatable bonds is 9. The second-order valence-corrected chi connectivity index (χ2v) is 7.50. The van der Waals surface area contributed by atoms with E-state index in [1.54, 1.807) is 0 Å². The standard InChI is InChI=1S/C29H27NO2/c1-2-29(31)32-22-21-23-13-17-27(18-14-23)30(26-11-7-4-8-12-26)28-19-15-25(16-20-28)24-9-5-3-6-10-24/h2-20,29,31H,1,21-22H2. The summed E-state index contributed by atoms with van der Waals surface area (Å²) in [5.74, 6) is 0. The molecule has 4 aromatic carbocycles. The largest absolute Gasteiger partial charge is 0.365 e. The van der Waals surface area contributed by atoms with Crippen molar-refractivity contribution >= 4 is 17.1 Å². The summed E-state index contributed by atoms with van der Waals surface area (Å²) in [6.07, 6.45) is 1.19. The molecule has 0 heterocycles. The Labute approximate surface area is 189 Å². The molecule has 0 radical (unpaired) electrons. The van der Waals surface area contributed by atoms with Crippen molar-refractivity contribution in [3.8, 4) is 11.1 Å². The normalized spacial score (nSPS) is 11.7. The third kappa shape index (κ3) is 5.33. The Kier molecular flexibility index (Phi) is 7.13. The Morgan fingerprint density at radius 3 is 1.78 bits per heavy atom. The number of aliphatic hydroxyl groups excluding tert-OH is 1. The molecule has 0 saturated heterocycles. The number of nitrogens with zero attached hydrogens (tertiary/aromatic N) is 1. The molecule has 0 aliphatic heterocycles. The third-order valence-corrected chi connectivity index (χ3v) is 5.32. The molecule has 0 bridgehead atoms. The second-order valence-electron chi connectivity index (χ2n) is 7.50. The van der Waals surface area contributed by atoms with Gasteiger partial charge in [0, 0.05) is 17.1 Å². The van der Waals surface area contributed by atoms with Crippen LogP contribution in [0.4, 0.5) is 17.1 Å². The summed E-state index contributed by atoms with van der Waals surface area (Å²) in [5, 5.41) is 9.45. The molecule has 0 aliphatic rings. The van der Waals surface area contributed by atoms with Gasteiger partial charge in [0.2, 0.25) is 0 Å². The zero-order chi connectivity index (χ0) is 22.2. The number of benzene rings is 4. The maximum atomic E-state index is 9.45. The highest BCUT2D eigenvalue weighted by atomic mass is 16.6. The molecule has 1 N–H and O–H groups in total. The number of aliphatic hydroxyl groups is 1. The SMILES string of the molecule is C=CC(O)OCCc1ccc(N(c2ccccc2)c2ccc(-c3ccccc3)cc2)cc1. The number of ether oxygens (including phenoxy) is 1. The summed E-state index contributed by atoms with van der Waals surface area (Å²) in [6.45, 7) is 3.96. The minimum atomic E-state index is -0.915. The number of hydrogen-bond donors (Lipinski definition) is 1. The first-order valence-electron chi connectivity index (χ1n) is 10.8. The van der Waals surface area contributed by atoms with Gasteiger partial charge in [0.15, 0.2) is 6.29 Å². The molecule has 0 fully saturated rings. The van der Waals surface area contributed by atoms with Crippen LogP contribution in [0.2, 0.25) is 0 Å². The Balaban J connectivity index is 1.59. The lowest BCUT2D eigenvalue weighted by Gasteiger charge is -2.26. The van der Waals surface area contributed by atoms with E-state index in [4.69, 9.17) is 4.74 Å². The lowest BCUT2D eigenvalue weighted by molar-refractivity contribution is -0.0625. The van der Waals surface area contributed by atoms with Crippen LogP contribution in [0.25, 0.3) is 11.1 Å². The van der Waals surface area contributed by atoms with Crippen molar-refractivity contribution in [2.24, 2.45) is 0 Å². The molecular formula is C29H27NO2. The highest BCUT2D eigenvalue weighted by molar-refractivity contribution is 5.78. The molecule has 1 unspecified atom stereocenters. The molecule has 1 atom stereocenters. The average molecular weight is 422 g/mol. The first-order chi connectivity index (χ1) is 15.7. The van der Waals surface area contributed by atoms with Crippen LogP contribution in [-0.4, -0.2) is 18.0 Å². The van der Waals surface area contributed by atoms with Gasteiger partial charge in [0.25, 0.3) is 0 Å². The Hall–Kier alpha value is -3.66.